The molecule has 0 aliphatic rings. The van der Waals surface area contributed by atoms with Crippen LogP contribution in [0.4, 0.5) is 5.13 Å². The number of benzene rings is 1. The Morgan fingerprint density at radius 3 is 2.55 bits per heavy atom. The molecule has 0 spiro atoms. The van der Waals surface area contributed by atoms with Crippen molar-refractivity contribution >= 4 is 16.5 Å². The van der Waals surface area contributed by atoms with Gasteiger partial charge >= 0.3 is 0 Å². The molecule has 0 bridgehead atoms. The predicted molar refractivity (Wildman–Crippen MR) is 94.1 cm³/mol. The van der Waals surface area contributed by atoms with Crippen molar-refractivity contribution in [3.05, 3.63) is 40.9 Å². The van der Waals surface area contributed by atoms with Gasteiger partial charge in [-0.3, -0.25) is 0 Å². The third-order valence-electron chi connectivity index (χ3n) is 3.62. The molecule has 0 radical (unpaired) electrons. The maximum atomic E-state index is 5.17. The molecule has 2 rings (SSSR count). The zero-order valence-corrected chi connectivity index (χ0v) is 14.4. The van der Waals surface area contributed by atoms with Crippen molar-refractivity contribution in [3.63, 3.8) is 0 Å². The quantitative estimate of drug-likeness (QED) is 0.719. The van der Waals surface area contributed by atoms with E-state index in [-0.39, 0.29) is 0 Å². The lowest BCUT2D eigenvalue weighted by atomic mass is 10.1. The van der Waals surface area contributed by atoms with Gasteiger partial charge in [-0.15, -0.1) is 11.3 Å². The highest BCUT2D eigenvalue weighted by Gasteiger charge is 2.07. The summed E-state index contributed by atoms with van der Waals surface area (Å²) in [5.41, 5.74) is 1.32. The summed E-state index contributed by atoms with van der Waals surface area (Å²) in [5.74, 6) is 0.908. The number of anilines is 1. The molecular formula is C17H25N3OS. The number of hydrogen-bond donors (Lipinski definition) is 1. The molecular weight excluding hydrogens is 294 g/mol. The van der Waals surface area contributed by atoms with E-state index in [1.54, 1.807) is 18.4 Å². The molecule has 4 nitrogen and oxygen atoms in total. The van der Waals surface area contributed by atoms with Crippen molar-refractivity contribution in [1.82, 2.24) is 10.3 Å². The van der Waals surface area contributed by atoms with E-state index in [0.29, 0.717) is 0 Å². The molecule has 0 atom stereocenters. The second-order valence-electron chi connectivity index (χ2n) is 5.06. The summed E-state index contributed by atoms with van der Waals surface area (Å²) in [6, 6.07) is 8.25. The van der Waals surface area contributed by atoms with Gasteiger partial charge in [-0.2, -0.15) is 0 Å². The van der Waals surface area contributed by atoms with Crippen molar-refractivity contribution in [2.45, 2.75) is 26.8 Å². The highest BCUT2D eigenvalue weighted by Crippen LogP contribution is 2.22. The average Bonchev–Trinajstić information content (AvgIpc) is 3.02. The number of hydrogen-bond acceptors (Lipinski definition) is 5. The number of nitrogens with one attached hydrogen (secondary N) is 1. The first-order valence-corrected chi connectivity index (χ1v) is 8.61. The molecule has 22 heavy (non-hydrogen) atoms. The van der Waals surface area contributed by atoms with Crippen LogP contribution in [-0.2, 0) is 13.0 Å². The highest BCUT2D eigenvalue weighted by molar-refractivity contribution is 7.15. The van der Waals surface area contributed by atoms with E-state index in [9.17, 15) is 0 Å². The SMILES string of the molecule is CCN(CC)c1ncc(CNCCc2ccc(OC)cc2)s1. The van der Waals surface area contributed by atoms with Crippen LogP contribution in [0.5, 0.6) is 5.75 Å². The first-order chi connectivity index (χ1) is 10.8. The average molecular weight is 319 g/mol. The summed E-state index contributed by atoms with van der Waals surface area (Å²) in [5, 5.41) is 4.61. The molecule has 5 heteroatoms. The van der Waals surface area contributed by atoms with Gasteiger partial charge in [0.15, 0.2) is 5.13 Å². The molecule has 1 aromatic heterocycles. The van der Waals surface area contributed by atoms with Crippen molar-refractivity contribution in [3.8, 4) is 5.75 Å². The normalized spacial score (nSPS) is 10.7. The summed E-state index contributed by atoms with van der Waals surface area (Å²) in [6.07, 6.45) is 3.00. The lowest BCUT2D eigenvalue weighted by Gasteiger charge is -2.16. The lowest BCUT2D eigenvalue weighted by molar-refractivity contribution is 0.414. The maximum Gasteiger partial charge on any atom is 0.185 e. The topological polar surface area (TPSA) is 37.4 Å². The minimum absolute atomic E-state index is 0.884. The monoisotopic (exact) mass is 319 g/mol. The highest BCUT2D eigenvalue weighted by atomic mass is 32.1. The second-order valence-corrected chi connectivity index (χ2v) is 6.15. The lowest BCUT2D eigenvalue weighted by Crippen LogP contribution is -2.21. The molecule has 0 aliphatic heterocycles. The minimum Gasteiger partial charge on any atom is -0.497 e. The number of rotatable bonds is 9. The Balaban J connectivity index is 1.74. The van der Waals surface area contributed by atoms with Gasteiger partial charge in [0.2, 0.25) is 0 Å². The summed E-state index contributed by atoms with van der Waals surface area (Å²) in [6.45, 7) is 8.19. The van der Waals surface area contributed by atoms with Crippen LogP contribution in [0.15, 0.2) is 30.5 Å². The molecule has 1 heterocycles. The zero-order valence-electron chi connectivity index (χ0n) is 13.6. The van der Waals surface area contributed by atoms with Gasteiger partial charge in [-0.05, 0) is 44.5 Å². The van der Waals surface area contributed by atoms with E-state index in [1.807, 2.05) is 18.3 Å². The molecule has 0 saturated heterocycles. The zero-order chi connectivity index (χ0) is 15.8. The van der Waals surface area contributed by atoms with E-state index >= 15 is 0 Å². The van der Waals surface area contributed by atoms with Crippen LogP contribution >= 0.6 is 11.3 Å². The summed E-state index contributed by atoms with van der Waals surface area (Å²) in [7, 11) is 1.69. The Hall–Kier alpha value is -1.59. The third-order valence-corrected chi connectivity index (χ3v) is 4.68. The van der Waals surface area contributed by atoms with Crippen molar-refractivity contribution < 1.29 is 4.74 Å². The van der Waals surface area contributed by atoms with Gasteiger partial charge in [0.25, 0.3) is 0 Å². The molecule has 0 amide bonds. The number of aromatic nitrogens is 1. The van der Waals surface area contributed by atoms with E-state index < -0.39 is 0 Å². The molecule has 0 aliphatic carbocycles. The first kappa shape index (κ1) is 16.8. The van der Waals surface area contributed by atoms with Crippen molar-refractivity contribution in [1.29, 1.82) is 0 Å². The van der Waals surface area contributed by atoms with Crippen LogP contribution in [0, 0.1) is 0 Å². The number of nitrogens with zero attached hydrogens (tertiary/aromatic N) is 2. The molecule has 2 aromatic rings. The van der Waals surface area contributed by atoms with Crippen molar-refractivity contribution in [2.75, 3.05) is 31.6 Å². The van der Waals surface area contributed by atoms with Crippen LogP contribution < -0.4 is 15.0 Å². The molecule has 0 unspecified atom stereocenters. The Labute approximate surface area is 137 Å². The fourth-order valence-corrected chi connectivity index (χ4v) is 3.26. The van der Waals surface area contributed by atoms with E-state index in [1.165, 1.54) is 10.4 Å². The standard InChI is InChI=1S/C17H25N3OS/c1-4-20(5-2)17-19-13-16(22-17)12-18-11-10-14-6-8-15(21-3)9-7-14/h6-9,13,18H,4-5,10-12H2,1-3H3. The van der Waals surface area contributed by atoms with Gasteiger partial charge < -0.3 is 15.0 Å². The predicted octanol–water partition coefficient (Wildman–Crippen LogP) is 3.33. The Morgan fingerprint density at radius 2 is 1.91 bits per heavy atom. The van der Waals surface area contributed by atoms with Crippen LogP contribution in [0.25, 0.3) is 0 Å². The van der Waals surface area contributed by atoms with E-state index in [4.69, 9.17) is 4.74 Å². The van der Waals surface area contributed by atoms with Gasteiger partial charge in [0.1, 0.15) is 5.75 Å². The van der Waals surface area contributed by atoms with Crippen LogP contribution in [0.1, 0.15) is 24.3 Å². The Kier molecular flexibility index (Phi) is 6.68. The minimum atomic E-state index is 0.884. The first-order valence-electron chi connectivity index (χ1n) is 7.80. The van der Waals surface area contributed by atoms with Crippen LogP contribution in [-0.4, -0.2) is 31.7 Å². The van der Waals surface area contributed by atoms with Gasteiger partial charge in [0.05, 0.1) is 7.11 Å². The number of thiazole rings is 1. The molecule has 1 aromatic carbocycles. The second kappa shape index (κ2) is 8.76. The summed E-state index contributed by atoms with van der Waals surface area (Å²) < 4.78 is 5.17. The van der Waals surface area contributed by atoms with E-state index in [0.717, 1.165) is 43.5 Å². The largest absolute Gasteiger partial charge is 0.497 e. The van der Waals surface area contributed by atoms with Gasteiger partial charge in [-0.25, -0.2) is 4.98 Å². The fourth-order valence-electron chi connectivity index (χ4n) is 2.26. The molecule has 120 valence electrons. The summed E-state index contributed by atoms with van der Waals surface area (Å²) in [4.78, 5) is 8.08. The van der Waals surface area contributed by atoms with Gasteiger partial charge in [-0.1, -0.05) is 12.1 Å². The molecule has 0 saturated carbocycles. The molecule has 1 N–H and O–H groups in total. The number of ether oxygens (including phenoxy) is 1. The summed E-state index contributed by atoms with van der Waals surface area (Å²) >= 11 is 1.78. The van der Waals surface area contributed by atoms with Crippen LogP contribution in [0.2, 0.25) is 0 Å². The number of methoxy groups -OCH3 is 1. The fraction of sp³-hybridized carbons (Fsp3) is 0.471. The molecule has 0 fully saturated rings. The maximum absolute atomic E-state index is 5.17. The smallest absolute Gasteiger partial charge is 0.185 e. The third kappa shape index (κ3) is 4.71. The Morgan fingerprint density at radius 1 is 1.18 bits per heavy atom. The van der Waals surface area contributed by atoms with E-state index in [2.05, 4.69) is 41.2 Å². The van der Waals surface area contributed by atoms with Crippen LogP contribution in [0.3, 0.4) is 0 Å². The Bertz CT molecular complexity index is 549. The van der Waals surface area contributed by atoms with Gasteiger partial charge in [0, 0.05) is 30.7 Å². The van der Waals surface area contributed by atoms with Crippen molar-refractivity contribution in [2.24, 2.45) is 0 Å².